The molecule has 0 bridgehead atoms. The Morgan fingerprint density at radius 1 is 1.10 bits per heavy atom. The summed E-state index contributed by atoms with van der Waals surface area (Å²) in [6.07, 6.45) is 0. The van der Waals surface area contributed by atoms with E-state index in [1.165, 1.54) is 17.8 Å². The van der Waals surface area contributed by atoms with Crippen molar-refractivity contribution in [2.24, 2.45) is 0 Å². The van der Waals surface area contributed by atoms with E-state index < -0.39 is 0 Å². The van der Waals surface area contributed by atoms with Crippen molar-refractivity contribution >= 4 is 22.7 Å². The lowest BCUT2D eigenvalue weighted by molar-refractivity contribution is 0.413. The van der Waals surface area contributed by atoms with Crippen LogP contribution in [0.25, 0.3) is 11.0 Å². The van der Waals surface area contributed by atoms with Gasteiger partial charge < -0.3 is 14.3 Å². The first-order valence-electron chi connectivity index (χ1n) is 6.24. The van der Waals surface area contributed by atoms with Crippen LogP contribution in [0.1, 0.15) is 0 Å². The van der Waals surface area contributed by atoms with E-state index in [0.29, 0.717) is 21.8 Å². The average Bonchev–Trinajstić information content (AvgIpc) is 2.49. The number of methoxy groups -OCH3 is 1. The molecular formula is C16H12O4S. The van der Waals surface area contributed by atoms with Gasteiger partial charge in [0.15, 0.2) is 10.5 Å². The second kappa shape index (κ2) is 5.54. The monoisotopic (exact) mass is 300 g/mol. The maximum atomic E-state index is 12.1. The van der Waals surface area contributed by atoms with Gasteiger partial charge in [-0.15, -0.1) is 0 Å². The zero-order valence-electron chi connectivity index (χ0n) is 11.2. The highest BCUT2D eigenvalue weighted by Crippen LogP contribution is 2.30. The summed E-state index contributed by atoms with van der Waals surface area (Å²) in [4.78, 5) is 13.0. The van der Waals surface area contributed by atoms with Gasteiger partial charge >= 0.3 is 0 Å². The van der Waals surface area contributed by atoms with E-state index in [2.05, 4.69) is 0 Å². The fraction of sp³-hybridized carbons (Fsp3) is 0.0625. The molecule has 0 atom stereocenters. The van der Waals surface area contributed by atoms with Crippen LogP contribution in [0.5, 0.6) is 11.5 Å². The molecule has 0 amide bonds. The maximum Gasteiger partial charge on any atom is 0.193 e. The molecule has 106 valence electrons. The van der Waals surface area contributed by atoms with Crippen LogP contribution < -0.4 is 10.2 Å². The second-order valence-corrected chi connectivity index (χ2v) is 5.47. The minimum absolute atomic E-state index is 0.0971. The lowest BCUT2D eigenvalue weighted by Crippen LogP contribution is -1.99. The molecule has 0 radical (unpaired) electrons. The summed E-state index contributed by atoms with van der Waals surface area (Å²) in [5.41, 5.74) is 0.392. The van der Waals surface area contributed by atoms with Crippen LogP contribution in [0.4, 0.5) is 0 Å². The van der Waals surface area contributed by atoms with E-state index in [9.17, 15) is 9.90 Å². The van der Waals surface area contributed by atoms with Crippen LogP contribution >= 0.6 is 11.8 Å². The molecule has 0 saturated carbocycles. The van der Waals surface area contributed by atoms with Gasteiger partial charge in [0.25, 0.3) is 0 Å². The summed E-state index contributed by atoms with van der Waals surface area (Å²) < 4.78 is 10.9. The molecule has 3 rings (SSSR count). The van der Waals surface area contributed by atoms with Gasteiger partial charge in [0.05, 0.1) is 12.5 Å². The largest absolute Gasteiger partial charge is 0.508 e. The van der Waals surface area contributed by atoms with Crippen LogP contribution in [-0.2, 0) is 0 Å². The van der Waals surface area contributed by atoms with Crippen LogP contribution in [-0.4, -0.2) is 12.2 Å². The highest BCUT2D eigenvalue weighted by atomic mass is 32.2. The van der Waals surface area contributed by atoms with Crippen molar-refractivity contribution < 1.29 is 14.3 Å². The highest BCUT2D eigenvalue weighted by Gasteiger charge is 2.07. The molecule has 1 heterocycles. The number of aromatic hydroxyl groups is 1. The van der Waals surface area contributed by atoms with Crippen molar-refractivity contribution in [1.29, 1.82) is 0 Å². The zero-order chi connectivity index (χ0) is 14.8. The number of rotatable bonds is 3. The predicted octanol–water partition coefficient (Wildman–Crippen LogP) is 3.66. The van der Waals surface area contributed by atoms with Gasteiger partial charge in [-0.2, -0.15) is 0 Å². The number of hydrogen-bond acceptors (Lipinski definition) is 5. The van der Waals surface area contributed by atoms with E-state index in [-0.39, 0.29) is 11.2 Å². The fourth-order valence-corrected chi connectivity index (χ4v) is 2.72. The van der Waals surface area contributed by atoms with E-state index in [1.807, 2.05) is 0 Å². The number of benzene rings is 2. The van der Waals surface area contributed by atoms with Crippen molar-refractivity contribution in [3.8, 4) is 11.5 Å². The van der Waals surface area contributed by atoms with Crippen molar-refractivity contribution in [3.05, 3.63) is 58.8 Å². The van der Waals surface area contributed by atoms with Crippen LogP contribution in [0.2, 0.25) is 0 Å². The van der Waals surface area contributed by atoms with Crippen molar-refractivity contribution in [1.82, 2.24) is 0 Å². The number of hydrogen-bond donors (Lipinski definition) is 1. The van der Waals surface area contributed by atoms with Crippen LogP contribution in [0.3, 0.4) is 0 Å². The predicted molar refractivity (Wildman–Crippen MR) is 81.3 cm³/mol. The second-order valence-electron chi connectivity index (χ2n) is 4.39. The summed E-state index contributed by atoms with van der Waals surface area (Å²) >= 11 is 1.32. The molecule has 1 aromatic heterocycles. The van der Waals surface area contributed by atoms with Crippen molar-refractivity contribution in [3.63, 3.8) is 0 Å². The Labute approximate surface area is 125 Å². The molecule has 5 heteroatoms. The lowest BCUT2D eigenvalue weighted by atomic mass is 10.2. The molecule has 3 aromatic rings. The fourth-order valence-electron chi connectivity index (χ4n) is 1.92. The zero-order valence-corrected chi connectivity index (χ0v) is 12.0. The molecule has 1 N–H and O–H groups in total. The molecule has 21 heavy (non-hydrogen) atoms. The molecule has 0 aliphatic heterocycles. The quantitative estimate of drug-likeness (QED) is 0.800. The van der Waals surface area contributed by atoms with E-state index in [0.717, 1.165) is 4.90 Å². The van der Waals surface area contributed by atoms with Gasteiger partial charge in [-0.1, -0.05) is 11.8 Å². The molecule has 0 aliphatic carbocycles. The number of ether oxygens (including phenoxy) is 1. The van der Waals surface area contributed by atoms with Gasteiger partial charge in [-0.25, -0.2) is 0 Å². The van der Waals surface area contributed by atoms with E-state index in [1.54, 1.807) is 49.6 Å². The number of phenolic OH excluding ortho intramolecular Hbond substituents is 1. The highest BCUT2D eigenvalue weighted by molar-refractivity contribution is 7.99. The minimum Gasteiger partial charge on any atom is -0.508 e. The molecule has 4 nitrogen and oxygen atoms in total. The summed E-state index contributed by atoms with van der Waals surface area (Å²) in [6, 6.07) is 13.3. The lowest BCUT2D eigenvalue weighted by Gasteiger charge is -2.04. The first kappa shape index (κ1) is 13.6. The Balaban J connectivity index is 2.02. The Hall–Kier alpha value is -2.40. The van der Waals surface area contributed by atoms with Crippen molar-refractivity contribution in [2.75, 3.05) is 7.11 Å². The standard InChI is InChI=1S/C16H12O4S/c1-19-11-4-7-13-14(18)9-16(20-15(13)8-11)21-12-5-2-10(17)3-6-12/h2-9,17H,1H3. The maximum absolute atomic E-state index is 12.1. The first-order valence-corrected chi connectivity index (χ1v) is 7.06. The topological polar surface area (TPSA) is 59.7 Å². The Kier molecular flexibility index (Phi) is 3.58. The molecule has 0 unspecified atom stereocenters. The minimum atomic E-state index is -0.0971. The van der Waals surface area contributed by atoms with Crippen LogP contribution in [0, 0.1) is 0 Å². The normalized spacial score (nSPS) is 10.7. The smallest absolute Gasteiger partial charge is 0.193 e. The molecule has 0 fully saturated rings. The van der Waals surface area contributed by atoms with Gasteiger partial charge in [-0.05, 0) is 36.4 Å². The molecule has 2 aromatic carbocycles. The first-order chi connectivity index (χ1) is 10.2. The molecular weight excluding hydrogens is 288 g/mol. The summed E-state index contributed by atoms with van der Waals surface area (Å²) in [5, 5.41) is 10.3. The van der Waals surface area contributed by atoms with Crippen molar-refractivity contribution in [2.45, 2.75) is 9.99 Å². The van der Waals surface area contributed by atoms with Gasteiger partial charge in [0.1, 0.15) is 17.1 Å². The number of phenols is 1. The molecule has 0 aliphatic rings. The van der Waals surface area contributed by atoms with E-state index in [4.69, 9.17) is 9.15 Å². The third-order valence-corrected chi connectivity index (χ3v) is 3.88. The third-order valence-electron chi connectivity index (χ3n) is 2.97. The Morgan fingerprint density at radius 3 is 2.57 bits per heavy atom. The third kappa shape index (κ3) is 2.87. The molecule has 0 spiro atoms. The average molecular weight is 300 g/mol. The van der Waals surface area contributed by atoms with Gasteiger partial charge in [0.2, 0.25) is 0 Å². The summed E-state index contributed by atoms with van der Waals surface area (Å²) in [6.45, 7) is 0. The van der Waals surface area contributed by atoms with Gasteiger partial charge in [-0.3, -0.25) is 4.79 Å². The summed E-state index contributed by atoms with van der Waals surface area (Å²) in [5.74, 6) is 0.835. The summed E-state index contributed by atoms with van der Waals surface area (Å²) in [7, 11) is 1.56. The van der Waals surface area contributed by atoms with Gasteiger partial charge in [0, 0.05) is 17.0 Å². The number of fused-ring (bicyclic) bond motifs is 1. The Bertz CT molecular complexity index is 837. The molecule has 0 saturated heterocycles. The SMILES string of the molecule is COc1ccc2c(=O)cc(Sc3ccc(O)cc3)oc2c1. The Morgan fingerprint density at radius 2 is 1.86 bits per heavy atom. The van der Waals surface area contributed by atoms with Crippen LogP contribution in [0.15, 0.2) is 67.7 Å². The van der Waals surface area contributed by atoms with E-state index >= 15 is 0 Å².